The third-order valence-electron chi connectivity index (χ3n) is 9.30. The van der Waals surface area contributed by atoms with Crippen molar-refractivity contribution in [1.82, 2.24) is 19.6 Å². The van der Waals surface area contributed by atoms with Gasteiger partial charge in [-0.15, -0.1) is 0 Å². The molecular formula is C37H41Cl2N7O4. The fourth-order valence-electron chi connectivity index (χ4n) is 6.69. The van der Waals surface area contributed by atoms with Crippen LogP contribution >= 0.6 is 23.2 Å². The number of anilines is 1. The predicted octanol–water partition coefficient (Wildman–Crippen LogP) is 5.47. The van der Waals surface area contributed by atoms with E-state index in [-0.39, 0.29) is 11.9 Å². The van der Waals surface area contributed by atoms with Crippen molar-refractivity contribution in [3.8, 4) is 11.8 Å². The fraction of sp³-hybridized carbons (Fsp3) is 0.405. The van der Waals surface area contributed by atoms with Gasteiger partial charge in [0.15, 0.2) is 0 Å². The molecule has 3 aromatic rings. The molecule has 13 heteroatoms. The van der Waals surface area contributed by atoms with E-state index in [0.29, 0.717) is 104 Å². The van der Waals surface area contributed by atoms with E-state index in [1.807, 2.05) is 90.3 Å². The Morgan fingerprint density at radius 3 is 2.12 bits per heavy atom. The summed E-state index contributed by atoms with van der Waals surface area (Å²) in [5.74, 6) is 1.00. The Kier molecular flexibility index (Phi) is 11.1. The minimum absolute atomic E-state index is 0.0774. The van der Waals surface area contributed by atoms with Gasteiger partial charge in [0.25, 0.3) is 0 Å². The number of nitrogens with zero attached hydrogens (tertiary/aromatic N) is 7. The quantitative estimate of drug-likeness (QED) is 0.304. The van der Waals surface area contributed by atoms with Gasteiger partial charge in [-0.2, -0.15) is 5.26 Å². The maximum Gasteiger partial charge on any atom is 0.326 e. The number of benzene rings is 3. The molecule has 2 saturated heterocycles. The van der Waals surface area contributed by atoms with Crippen LogP contribution in [-0.2, 0) is 9.53 Å². The zero-order valence-corrected chi connectivity index (χ0v) is 30.0. The van der Waals surface area contributed by atoms with Gasteiger partial charge in [0, 0.05) is 69.5 Å². The van der Waals surface area contributed by atoms with Crippen molar-refractivity contribution < 1.29 is 19.1 Å². The van der Waals surface area contributed by atoms with E-state index in [0.717, 1.165) is 11.1 Å². The maximum absolute atomic E-state index is 14.9. The van der Waals surface area contributed by atoms with Gasteiger partial charge in [0.05, 0.1) is 49.2 Å². The van der Waals surface area contributed by atoms with Crippen LogP contribution in [0.25, 0.3) is 0 Å². The Morgan fingerprint density at radius 2 is 1.54 bits per heavy atom. The van der Waals surface area contributed by atoms with Gasteiger partial charge in [-0.3, -0.25) is 19.6 Å². The SMILES string of the molecule is CCOc1cc(N(C)C)c(C#N)cc1C1=N[C@@H](c2ccc(Cl)cc2)[C@@H](c2ccc(Cl)cc2)N1C(=O)N1CCN(CC(=O)N2CCOCC2)CC1. The highest BCUT2D eigenvalue weighted by atomic mass is 35.5. The number of carbonyl (C=O) groups excluding carboxylic acids is 2. The molecule has 0 unspecified atom stereocenters. The number of carbonyl (C=O) groups is 2. The number of hydrogen-bond donors (Lipinski definition) is 0. The van der Waals surface area contributed by atoms with Crippen LogP contribution in [0.15, 0.2) is 65.7 Å². The lowest BCUT2D eigenvalue weighted by atomic mass is 9.93. The number of nitriles is 1. The number of ether oxygens (including phenoxy) is 2. The summed E-state index contributed by atoms with van der Waals surface area (Å²) in [5, 5.41) is 11.4. The summed E-state index contributed by atoms with van der Waals surface area (Å²) in [7, 11) is 3.74. The average Bonchev–Trinajstić information content (AvgIpc) is 3.53. The molecule has 0 bridgehead atoms. The zero-order valence-electron chi connectivity index (χ0n) is 28.5. The van der Waals surface area contributed by atoms with Crippen LogP contribution in [0.4, 0.5) is 10.5 Å². The Morgan fingerprint density at radius 1 is 0.920 bits per heavy atom. The second-order valence-electron chi connectivity index (χ2n) is 12.7. The van der Waals surface area contributed by atoms with E-state index in [1.54, 1.807) is 11.0 Å². The van der Waals surface area contributed by atoms with E-state index < -0.39 is 12.1 Å². The molecular weight excluding hydrogens is 677 g/mol. The first-order valence-corrected chi connectivity index (χ1v) is 17.6. The summed E-state index contributed by atoms with van der Waals surface area (Å²) in [6, 6.07) is 19.6. The summed E-state index contributed by atoms with van der Waals surface area (Å²) >= 11 is 12.6. The van der Waals surface area contributed by atoms with Gasteiger partial charge in [0.2, 0.25) is 5.91 Å². The molecule has 3 amide bonds. The second-order valence-corrected chi connectivity index (χ2v) is 13.5. The molecule has 0 aromatic heterocycles. The number of piperazine rings is 1. The number of rotatable bonds is 8. The highest BCUT2D eigenvalue weighted by Crippen LogP contribution is 2.46. The first-order chi connectivity index (χ1) is 24.2. The number of amidine groups is 1. The molecule has 262 valence electrons. The molecule has 3 aliphatic heterocycles. The third-order valence-corrected chi connectivity index (χ3v) is 9.81. The van der Waals surface area contributed by atoms with Crippen LogP contribution in [0.3, 0.4) is 0 Å². The highest BCUT2D eigenvalue weighted by Gasteiger charge is 2.45. The van der Waals surface area contributed by atoms with E-state index in [9.17, 15) is 14.9 Å². The molecule has 11 nitrogen and oxygen atoms in total. The second kappa shape index (κ2) is 15.7. The van der Waals surface area contributed by atoms with E-state index in [1.165, 1.54) is 0 Å². The number of aliphatic imine (C=N–C) groups is 1. The van der Waals surface area contributed by atoms with Crippen molar-refractivity contribution in [2.45, 2.75) is 19.0 Å². The van der Waals surface area contributed by atoms with Crippen LogP contribution in [0, 0.1) is 11.3 Å². The standard InChI is InChI=1S/C37H41Cl2N7O4/c1-4-50-32-22-31(42(2)3)27(23-40)21-30(32)36-41-34(25-5-9-28(38)10-6-25)35(26-7-11-29(39)12-8-26)46(36)37(48)45-15-13-43(14-16-45)24-33(47)44-17-19-49-20-18-44/h5-12,21-22,34-35H,4,13-20,24H2,1-3H3/t34-,35+/m0/s1. The molecule has 2 atom stereocenters. The molecule has 0 aliphatic carbocycles. The lowest BCUT2D eigenvalue weighted by molar-refractivity contribution is -0.136. The lowest BCUT2D eigenvalue weighted by Gasteiger charge is -2.39. The minimum Gasteiger partial charge on any atom is -0.493 e. The van der Waals surface area contributed by atoms with Crippen molar-refractivity contribution in [3.05, 3.63) is 93.0 Å². The predicted molar refractivity (Wildman–Crippen MR) is 194 cm³/mol. The van der Waals surface area contributed by atoms with E-state index in [2.05, 4.69) is 11.0 Å². The summed E-state index contributed by atoms with van der Waals surface area (Å²) in [6.07, 6.45) is 0. The van der Waals surface area contributed by atoms with Gasteiger partial charge in [-0.05, 0) is 48.4 Å². The zero-order chi connectivity index (χ0) is 35.4. The molecule has 6 rings (SSSR count). The largest absolute Gasteiger partial charge is 0.493 e. The molecule has 0 radical (unpaired) electrons. The van der Waals surface area contributed by atoms with Gasteiger partial charge < -0.3 is 24.2 Å². The first-order valence-electron chi connectivity index (χ1n) is 16.8. The van der Waals surface area contributed by atoms with Gasteiger partial charge in [-0.1, -0.05) is 47.5 Å². The molecule has 2 fully saturated rings. The normalized spacial score (nSPS) is 19.6. The summed E-state index contributed by atoms with van der Waals surface area (Å²) in [5.41, 5.74) is 3.39. The Labute approximate surface area is 303 Å². The molecule has 0 N–H and O–H groups in total. The average molecular weight is 719 g/mol. The molecule has 0 spiro atoms. The van der Waals surface area contributed by atoms with Crippen LogP contribution in [0.2, 0.25) is 10.0 Å². The van der Waals surface area contributed by atoms with Crippen molar-refractivity contribution in [2.75, 3.05) is 84.6 Å². The maximum atomic E-state index is 14.9. The number of morpholine rings is 1. The Balaban J connectivity index is 1.40. The van der Waals surface area contributed by atoms with Gasteiger partial charge in [-0.25, -0.2) is 4.79 Å². The number of urea groups is 1. The lowest BCUT2D eigenvalue weighted by Crippen LogP contribution is -2.56. The van der Waals surface area contributed by atoms with E-state index in [4.69, 9.17) is 37.7 Å². The summed E-state index contributed by atoms with van der Waals surface area (Å²) in [6.45, 7) is 6.84. The van der Waals surface area contributed by atoms with E-state index >= 15 is 0 Å². The third kappa shape index (κ3) is 7.54. The summed E-state index contributed by atoms with van der Waals surface area (Å²) < 4.78 is 11.6. The minimum atomic E-state index is -0.551. The van der Waals surface area contributed by atoms with Crippen LogP contribution in [-0.4, -0.2) is 117 Å². The van der Waals surface area contributed by atoms with Crippen molar-refractivity contribution in [3.63, 3.8) is 0 Å². The van der Waals surface area contributed by atoms with Crippen molar-refractivity contribution >= 4 is 46.7 Å². The Hall–Kier alpha value is -4.34. The topological polar surface area (TPSA) is 105 Å². The molecule has 50 heavy (non-hydrogen) atoms. The van der Waals surface area contributed by atoms with Gasteiger partial charge in [0.1, 0.15) is 23.7 Å². The molecule has 3 aliphatic rings. The van der Waals surface area contributed by atoms with Crippen LogP contribution in [0.5, 0.6) is 5.75 Å². The summed E-state index contributed by atoms with van der Waals surface area (Å²) in [4.78, 5) is 42.6. The smallest absolute Gasteiger partial charge is 0.326 e. The first kappa shape index (κ1) is 35.5. The van der Waals surface area contributed by atoms with Crippen molar-refractivity contribution in [2.24, 2.45) is 4.99 Å². The molecule has 3 heterocycles. The van der Waals surface area contributed by atoms with Crippen molar-refractivity contribution in [1.29, 1.82) is 5.26 Å². The molecule has 0 saturated carbocycles. The highest BCUT2D eigenvalue weighted by molar-refractivity contribution is 6.30. The van der Waals surface area contributed by atoms with Crippen LogP contribution in [0.1, 0.15) is 41.3 Å². The number of halogens is 2. The monoisotopic (exact) mass is 717 g/mol. The van der Waals surface area contributed by atoms with Gasteiger partial charge >= 0.3 is 6.03 Å². The number of hydrogen-bond acceptors (Lipinski definition) is 8. The van der Waals surface area contributed by atoms with Crippen LogP contribution < -0.4 is 9.64 Å². The number of amides is 3. The fourth-order valence-corrected chi connectivity index (χ4v) is 6.94. The molecule has 3 aromatic carbocycles. The Bertz CT molecular complexity index is 1760.